The molecule has 2 aromatic rings. The van der Waals surface area contributed by atoms with Gasteiger partial charge in [-0.25, -0.2) is 8.42 Å². The highest BCUT2D eigenvalue weighted by molar-refractivity contribution is 7.89. The summed E-state index contributed by atoms with van der Waals surface area (Å²) < 4.78 is 39.0. The number of para-hydroxylation sites is 1. The summed E-state index contributed by atoms with van der Waals surface area (Å²) in [7, 11) is -0.210. The monoisotopic (exact) mass is 402 g/mol. The van der Waals surface area contributed by atoms with Crippen LogP contribution < -0.4 is 9.47 Å². The zero-order chi connectivity index (χ0) is 19.7. The smallest absolute Gasteiger partial charge is 0.246 e. The molecule has 150 valence electrons. The molecule has 0 bridgehead atoms. The van der Waals surface area contributed by atoms with Gasteiger partial charge >= 0.3 is 0 Å². The normalized spacial score (nSPS) is 24.9. The van der Waals surface area contributed by atoms with Gasteiger partial charge in [0.25, 0.3) is 0 Å². The van der Waals surface area contributed by atoms with Crippen molar-refractivity contribution in [2.45, 2.75) is 36.4 Å². The minimum atomic E-state index is -3.55. The third kappa shape index (κ3) is 3.62. The Balaban J connectivity index is 1.53. The van der Waals surface area contributed by atoms with Crippen molar-refractivity contribution < 1.29 is 17.9 Å². The van der Waals surface area contributed by atoms with Gasteiger partial charge in [0.15, 0.2) is 0 Å². The lowest BCUT2D eigenvalue weighted by Gasteiger charge is -2.28. The first-order valence-electron chi connectivity index (χ1n) is 9.58. The molecule has 7 heteroatoms. The van der Waals surface area contributed by atoms with Gasteiger partial charge < -0.3 is 9.47 Å². The van der Waals surface area contributed by atoms with Gasteiger partial charge in [-0.1, -0.05) is 24.3 Å². The highest BCUT2D eigenvalue weighted by Gasteiger charge is 2.41. The summed E-state index contributed by atoms with van der Waals surface area (Å²) in [5.74, 6) is 1.31. The van der Waals surface area contributed by atoms with E-state index in [2.05, 4.69) is 17.0 Å². The molecule has 0 N–H and O–H groups in total. The fourth-order valence-electron chi connectivity index (χ4n) is 4.07. The molecule has 1 saturated heterocycles. The van der Waals surface area contributed by atoms with E-state index in [0.29, 0.717) is 5.75 Å². The van der Waals surface area contributed by atoms with Crippen LogP contribution in [-0.2, 0) is 16.6 Å². The fourth-order valence-corrected chi connectivity index (χ4v) is 5.60. The number of ether oxygens (including phenoxy) is 2. The van der Waals surface area contributed by atoms with E-state index in [1.165, 1.54) is 9.87 Å². The van der Waals surface area contributed by atoms with Crippen LogP contribution in [-0.4, -0.2) is 57.0 Å². The molecule has 2 atom stereocenters. The van der Waals surface area contributed by atoms with Crippen molar-refractivity contribution in [2.24, 2.45) is 0 Å². The Kier molecular flexibility index (Phi) is 5.31. The van der Waals surface area contributed by atoms with Crippen molar-refractivity contribution in [2.75, 3.05) is 27.2 Å². The van der Waals surface area contributed by atoms with Crippen LogP contribution in [0.25, 0.3) is 0 Å². The van der Waals surface area contributed by atoms with Crippen LogP contribution in [0.15, 0.2) is 53.4 Å². The molecule has 0 spiro atoms. The maximum absolute atomic E-state index is 13.0. The number of sulfonamides is 1. The molecule has 2 aliphatic heterocycles. The minimum Gasteiger partial charge on any atom is -0.497 e. The zero-order valence-corrected chi connectivity index (χ0v) is 17.1. The topological polar surface area (TPSA) is 59.1 Å². The summed E-state index contributed by atoms with van der Waals surface area (Å²) in [5, 5.41) is 0. The molecular formula is C21H26N2O4S. The van der Waals surface area contributed by atoms with Crippen molar-refractivity contribution in [3.8, 4) is 11.5 Å². The zero-order valence-electron chi connectivity index (χ0n) is 16.2. The third-order valence-electron chi connectivity index (χ3n) is 5.72. The Labute approximate surface area is 166 Å². The van der Waals surface area contributed by atoms with Crippen LogP contribution in [0.5, 0.6) is 11.5 Å². The molecule has 6 nitrogen and oxygen atoms in total. The van der Waals surface area contributed by atoms with Crippen molar-refractivity contribution in [1.29, 1.82) is 0 Å². The highest BCUT2D eigenvalue weighted by Crippen LogP contribution is 2.35. The van der Waals surface area contributed by atoms with Gasteiger partial charge in [-0.15, -0.1) is 0 Å². The van der Waals surface area contributed by atoms with E-state index >= 15 is 0 Å². The van der Waals surface area contributed by atoms with E-state index < -0.39 is 10.0 Å². The lowest BCUT2D eigenvalue weighted by atomic mass is 10.1. The number of fused-ring (bicyclic) bond motifs is 2. The Morgan fingerprint density at radius 3 is 2.54 bits per heavy atom. The van der Waals surface area contributed by atoms with Gasteiger partial charge in [0.2, 0.25) is 10.0 Å². The number of nitrogens with zero attached hydrogens (tertiary/aromatic N) is 2. The Bertz CT molecular complexity index is 930. The van der Waals surface area contributed by atoms with Gasteiger partial charge in [-0.3, -0.25) is 4.90 Å². The van der Waals surface area contributed by atoms with E-state index in [0.717, 1.165) is 38.2 Å². The quantitative estimate of drug-likeness (QED) is 0.790. The van der Waals surface area contributed by atoms with Crippen LogP contribution in [0.4, 0.5) is 0 Å². The number of likely N-dealkylation sites (tertiary alicyclic amines) is 1. The van der Waals surface area contributed by atoms with E-state index in [9.17, 15) is 8.42 Å². The predicted molar refractivity (Wildman–Crippen MR) is 107 cm³/mol. The minimum absolute atomic E-state index is 0.149. The van der Waals surface area contributed by atoms with E-state index in [1.54, 1.807) is 32.4 Å². The summed E-state index contributed by atoms with van der Waals surface area (Å²) >= 11 is 0. The second-order valence-electron chi connectivity index (χ2n) is 7.39. The maximum atomic E-state index is 13.0. The van der Waals surface area contributed by atoms with E-state index in [1.807, 2.05) is 18.2 Å². The second kappa shape index (κ2) is 7.73. The molecule has 2 aliphatic rings. The molecule has 2 heterocycles. The Morgan fingerprint density at radius 1 is 1.07 bits per heavy atom. The number of likely N-dealkylation sites (N-methyl/N-ethyl adjacent to an activating group) is 1. The third-order valence-corrected chi connectivity index (χ3v) is 7.64. The lowest BCUT2D eigenvalue weighted by molar-refractivity contribution is 0.122. The number of methoxy groups -OCH3 is 1. The molecule has 1 fully saturated rings. The van der Waals surface area contributed by atoms with Crippen molar-refractivity contribution >= 4 is 10.0 Å². The van der Waals surface area contributed by atoms with Crippen molar-refractivity contribution in [3.05, 3.63) is 54.1 Å². The number of benzene rings is 2. The molecule has 2 aromatic carbocycles. The summed E-state index contributed by atoms with van der Waals surface area (Å²) in [6.07, 6.45) is 1.38. The molecule has 0 radical (unpaired) electrons. The van der Waals surface area contributed by atoms with Gasteiger partial charge in [-0.05, 0) is 42.7 Å². The number of hydrogen-bond donors (Lipinski definition) is 0. The molecule has 0 aromatic heterocycles. The van der Waals surface area contributed by atoms with Gasteiger partial charge in [0, 0.05) is 26.7 Å². The largest absolute Gasteiger partial charge is 0.497 e. The maximum Gasteiger partial charge on any atom is 0.246 e. The molecule has 4 rings (SSSR count). The van der Waals surface area contributed by atoms with Crippen LogP contribution in [0.1, 0.15) is 18.4 Å². The summed E-state index contributed by atoms with van der Waals surface area (Å²) in [4.78, 5) is 2.63. The SMILES string of the molecule is COc1ccc(CN2CC[C@@H]3[C@@H](CC2)Oc2ccccc2S(=O)(=O)N3C)cc1. The fraction of sp³-hybridized carbons (Fsp3) is 0.429. The average molecular weight is 403 g/mol. The van der Waals surface area contributed by atoms with Crippen LogP contribution in [0.2, 0.25) is 0 Å². The first kappa shape index (κ1) is 19.2. The summed E-state index contributed by atoms with van der Waals surface area (Å²) in [5.41, 5.74) is 1.22. The highest BCUT2D eigenvalue weighted by atomic mass is 32.2. The summed E-state index contributed by atoms with van der Waals surface area (Å²) in [6, 6.07) is 14.9. The Morgan fingerprint density at radius 2 is 1.79 bits per heavy atom. The van der Waals surface area contributed by atoms with Gasteiger partial charge in [0.1, 0.15) is 22.5 Å². The molecule has 28 heavy (non-hydrogen) atoms. The predicted octanol–water partition coefficient (Wildman–Crippen LogP) is 2.74. The summed E-state index contributed by atoms with van der Waals surface area (Å²) in [6.45, 7) is 2.52. The van der Waals surface area contributed by atoms with E-state index in [4.69, 9.17) is 9.47 Å². The molecular weight excluding hydrogens is 376 g/mol. The van der Waals surface area contributed by atoms with Crippen LogP contribution in [0.3, 0.4) is 0 Å². The van der Waals surface area contributed by atoms with Gasteiger partial charge in [0.05, 0.1) is 13.2 Å². The molecule has 0 saturated carbocycles. The lowest BCUT2D eigenvalue weighted by Crippen LogP contribution is -2.44. The number of hydrogen-bond acceptors (Lipinski definition) is 5. The van der Waals surface area contributed by atoms with Gasteiger partial charge in [-0.2, -0.15) is 4.31 Å². The van der Waals surface area contributed by atoms with Crippen LogP contribution in [0, 0.1) is 0 Å². The van der Waals surface area contributed by atoms with Crippen molar-refractivity contribution in [3.63, 3.8) is 0 Å². The van der Waals surface area contributed by atoms with Crippen LogP contribution >= 0.6 is 0 Å². The number of rotatable bonds is 3. The first-order valence-corrected chi connectivity index (χ1v) is 11.0. The molecule has 0 amide bonds. The first-order chi connectivity index (χ1) is 13.5. The standard InChI is InChI=1S/C21H26N2O4S/c1-22-18-11-13-23(15-16-7-9-17(26-2)10-8-16)14-12-19(18)27-20-5-3-4-6-21(20)28(22,24)25/h3-10,18-19H,11-15H2,1-2H3/t18-,19-/m1/s1. The average Bonchev–Trinajstić information content (AvgIpc) is 2.94. The van der Waals surface area contributed by atoms with E-state index in [-0.39, 0.29) is 17.0 Å². The molecule has 0 unspecified atom stereocenters. The molecule has 0 aliphatic carbocycles. The second-order valence-corrected chi connectivity index (χ2v) is 9.36. The van der Waals surface area contributed by atoms with Crippen molar-refractivity contribution in [1.82, 2.24) is 9.21 Å². The Hall–Kier alpha value is -2.09.